The van der Waals surface area contributed by atoms with E-state index in [9.17, 15) is 4.79 Å². The normalized spacial score (nSPS) is 11.5. The van der Waals surface area contributed by atoms with Crippen molar-refractivity contribution >= 4 is 28.8 Å². The Morgan fingerprint density at radius 2 is 1.79 bits per heavy atom. The van der Waals surface area contributed by atoms with Crippen LogP contribution in [0.1, 0.15) is 29.7 Å². The number of thiocarbonyl (C=S) groups is 1. The van der Waals surface area contributed by atoms with Crippen LogP contribution in [0.25, 0.3) is 0 Å². The molecule has 1 amide bonds. The van der Waals surface area contributed by atoms with Gasteiger partial charge in [-0.1, -0.05) is 42.5 Å². The van der Waals surface area contributed by atoms with E-state index in [1.165, 1.54) is 0 Å². The fraction of sp³-hybridized carbons (Fsp3) is 0.263. The molecule has 24 heavy (non-hydrogen) atoms. The topological polar surface area (TPSA) is 50.4 Å². The Kier molecular flexibility index (Phi) is 5.93. The first-order valence-electron chi connectivity index (χ1n) is 7.74. The number of benzene rings is 2. The quantitative estimate of drug-likeness (QED) is 0.827. The van der Waals surface area contributed by atoms with Gasteiger partial charge in [0.2, 0.25) is 0 Å². The fourth-order valence-corrected chi connectivity index (χ4v) is 2.64. The van der Waals surface area contributed by atoms with Crippen molar-refractivity contribution in [1.82, 2.24) is 5.32 Å². The highest BCUT2D eigenvalue weighted by Gasteiger charge is 2.15. The summed E-state index contributed by atoms with van der Waals surface area (Å²) >= 11 is 5.23. The molecular formula is C19H22N2O2S. The zero-order valence-corrected chi connectivity index (χ0v) is 15.2. The monoisotopic (exact) mass is 342 g/mol. The number of anilines is 1. The molecular weight excluding hydrogens is 320 g/mol. The molecule has 5 heteroatoms. The van der Waals surface area contributed by atoms with Crippen LogP contribution in [-0.2, 0) is 4.79 Å². The molecule has 0 heterocycles. The van der Waals surface area contributed by atoms with Gasteiger partial charge in [-0.15, -0.1) is 0 Å². The van der Waals surface area contributed by atoms with Gasteiger partial charge in [-0.25, -0.2) is 0 Å². The van der Waals surface area contributed by atoms with Crippen molar-refractivity contribution in [1.29, 1.82) is 0 Å². The average molecular weight is 342 g/mol. The number of rotatable bonds is 4. The largest absolute Gasteiger partial charge is 0.496 e. The Balaban J connectivity index is 2.04. The van der Waals surface area contributed by atoms with Crippen molar-refractivity contribution in [3.05, 3.63) is 59.2 Å². The third-order valence-corrected chi connectivity index (χ3v) is 4.15. The van der Waals surface area contributed by atoms with E-state index in [2.05, 4.69) is 10.6 Å². The summed E-state index contributed by atoms with van der Waals surface area (Å²) in [4.78, 5) is 12.5. The molecule has 2 N–H and O–H groups in total. The number of ether oxygens (including phenoxy) is 1. The third kappa shape index (κ3) is 4.32. The van der Waals surface area contributed by atoms with Gasteiger partial charge in [-0.3, -0.25) is 4.79 Å². The number of methoxy groups -OCH3 is 1. The highest BCUT2D eigenvalue weighted by molar-refractivity contribution is 7.82. The lowest BCUT2D eigenvalue weighted by atomic mass is 10.1. The molecule has 2 rings (SSSR count). The molecule has 0 aliphatic heterocycles. The Morgan fingerprint density at radius 3 is 2.42 bits per heavy atom. The second kappa shape index (κ2) is 7.93. The molecule has 1 atom stereocenters. The Hall–Kier alpha value is -2.40. The number of carbonyl (C=O) groups is 1. The van der Waals surface area contributed by atoms with Crippen LogP contribution in [0.2, 0.25) is 0 Å². The van der Waals surface area contributed by atoms with Gasteiger partial charge < -0.3 is 15.4 Å². The Bertz CT molecular complexity index is 745. The predicted octanol–water partition coefficient (Wildman–Crippen LogP) is 3.93. The highest BCUT2D eigenvalue weighted by Crippen LogP contribution is 2.26. The Morgan fingerprint density at radius 1 is 1.12 bits per heavy atom. The third-order valence-electron chi connectivity index (χ3n) is 3.84. The second-order valence-corrected chi connectivity index (χ2v) is 6.10. The van der Waals surface area contributed by atoms with Gasteiger partial charge in [0.1, 0.15) is 5.75 Å². The minimum atomic E-state index is -0.319. The summed E-state index contributed by atoms with van der Waals surface area (Å²) in [5, 5.41) is 5.93. The van der Waals surface area contributed by atoms with Gasteiger partial charge in [0, 0.05) is 11.7 Å². The number of hydrogen-bond acceptors (Lipinski definition) is 3. The molecule has 4 nitrogen and oxygen atoms in total. The standard InChI is InChI=1S/C19H22N2O2S/c1-12-11-17(23-4)13(2)10-16(12)21-18(22)19(24)20-14(3)15-8-6-5-7-9-15/h5-11,14H,1-4H3,(H,20,24)(H,21,22). The van der Waals surface area contributed by atoms with Crippen molar-refractivity contribution in [2.75, 3.05) is 12.4 Å². The lowest BCUT2D eigenvalue weighted by Gasteiger charge is -2.17. The summed E-state index contributed by atoms with van der Waals surface area (Å²) in [6, 6.07) is 13.6. The molecule has 2 aromatic carbocycles. The second-order valence-electron chi connectivity index (χ2n) is 5.70. The van der Waals surface area contributed by atoms with Crippen LogP contribution in [0.4, 0.5) is 5.69 Å². The van der Waals surface area contributed by atoms with Crippen LogP contribution in [0.5, 0.6) is 5.75 Å². The van der Waals surface area contributed by atoms with Crippen LogP contribution in [-0.4, -0.2) is 18.0 Å². The van der Waals surface area contributed by atoms with Crippen LogP contribution in [0.3, 0.4) is 0 Å². The van der Waals surface area contributed by atoms with Gasteiger partial charge in [-0.05, 0) is 49.6 Å². The molecule has 0 aromatic heterocycles. The maximum atomic E-state index is 12.4. The SMILES string of the molecule is COc1cc(C)c(NC(=O)C(=S)NC(C)c2ccccc2)cc1C. The zero-order chi connectivity index (χ0) is 17.7. The minimum absolute atomic E-state index is 0.0387. The zero-order valence-electron chi connectivity index (χ0n) is 14.3. The van der Waals surface area contributed by atoms with E-state index >= 15 is 0 Å². The molecule has 0 aliphatic carbocycles. The van der Waals surface area contributed by atoms with Crippen LogP contribution < -0.4 is 15.4 Å². The summed E-state index contributed by atoms with van der Waals surface area (Å²) in [7, 11) is 1.63. The Labute approximate surface area is 148 Å². The minimum Gasteiger partial charge on any atom is -0.496 e. The van der Waals surface area contributed by atoms with Crippen molar-refractivity contribution in [3.63, 3.8) is 0 Å². The molecule has 1 unspecified atom stereocenters. The first-order chi connectivity index (χ1) is 11.4. The summed E-state index contributed by atoms with van der Waals surface area (Å²) < 4.78 is 5.28. The number of aryl methyl sites for hydroxylation is 2. The maximum Gasteiger partial charge on any atom is 0.283 e. The summed E-state index contributed by atoms with van der Waals surface area (Å²) in [6.07, 6.45) is 0. The molecule has 126 valence electrons. The van der Waals surface area contributed by atoms with Crippen molar-refractivity contribution in [2.45, 2.75) is 26.8 Å². The predicted molar refractivity (Wildman–Crippen MR) is 102 cm³/mol. The van der Waals surface area contributed by atoms with Crippen molar-refractivity contribution in [2.24, 2.45) is 0 Å². The highest BCUT2D eigenvalue weighted by atomic mass is 32.1. The van der Waals surface area contributed by atoms with E-state index in [0.717, 1.165) is 28.1 Å². The van der Waals surface area contributed by atoms with Gasteiger partial charge in [0.05, 0.1) is 7.11 Å². The maximum absolute atomic E-state index is 12.4. The first-order valence-corrected chi connectivity index (χ1v) is 8.15. The number of amides is 1. The molecule has 0 spiro atoms. The number of carbonyl (C=O) groups excluding carboxylic acids is 1. The van der Waals surface area contributed by atoms with E-state index in [0.29, 0.717) is 0 Å². The number of hydrogen-bond donors (Lipinski definition) is 2. The molecule has 0 radical (unpaired) electrons. The van der Waals surface area contributed by atoms with Gasteiger partial charge >= 0.3 is 0 Å². The summed E-state index contributed by atoms with van der Waals surface area (Å²) in [5.74, 6) is 0.476. The van der Waals surface area contributed by atoms with E-state index in [-0.39, 0.29) is 16.9 Å². The van der Waals surface area contributed by atoms with Crippen LogP contribution in [0, 0.1) is 13.8 Å². The van der Waals surface area contributed by atoms with Gasteiger partial charge in [0.25, 0.3) is 5.91 Å². The van der Waals surface area contributed by atoms with Gasteiger partial charge in [0.15, 0.2) is 4.99 Å². The van der Waals surface area contributed by atoms with E-state index in [1.807, 2.05) is 63.2 Å². The molecule has 0 bridgehead atoms. The molecule has 0 aliphatic rings. The van der Waals surface area contributed by atoms with Crippen molar-refractivity contribution < 1.29 is 9.53 Å². The first kappa shape index (κ1) is 17.9. The molecule has 0 fully saturated rings. The molecule has 0 saturated heterocycles. The van der Waals surface area contributed by atoms with Gasteiger partial charge in [-0.2, -0.15) is 0 Å². The fourth-order valence-electron chi connectivity index (χ4n) is 2.41. The van der Waals surface area contributed by atoms with Crippen LogP contribution in [0.15, 0.2) is 42.5 Å². The van der Waals surface area contributed by atoms with Crippen LogP contribution >= 0.6 is 12.2 Å². The summed E-state index contributed by atoms with van der Waals surface area (Å²) in [5.41, 5.74) is 3.68. The smallest absolute Gasteiger partial charge is 0.283 e. The van der Waals surface area contributed by atoms with E-state index in [1.54, 1.807) is 7.11 Å². The van der Waals surface area contributed by atoms with Crippen molar-refractivity contribution in [3.8, 4) is 5.75 Å². The van der Waals surface area contributed by atoms with E-state index in [4.69, 9.17) is 17.0 Å². The molecule has 0 saturated carbocycles. The average Bonchev–Trinajstić information content (AvgIpc) is 2.58. The van der Waals surface area contributed by atoms with E-state index < -0.39 is 0 Å². The number of nitrogens with one attached hydrogen (secondary N) is 2. The lowest BCUT2D eigenvalue weighted by molar-refractivity contribution is -0.110. The lowest BCUT2D eigenvalue weighted by Crippen LogP contribution is -2.35. The summed E-state index contributed by atoms with van der Waals surface area (Å²) in [6.45, 7) is 5.82. The molecule has 2 aromatic rings.